The smallest absolute Gasteiger partial charge is 0.182 e. The molecule has 0 saturated carbocycles. The van der Waals surface area contributed by atoms with E-state index >= 15 is 0 Å². The van der Waals surface area contributed by atoms with Crippen molar-refractivity contribution in [2.45, 2.75) is 13.5 Å². The van der Waals surface area contributed by atoms with Crippen LogP contribution in [-0.2, 0) is 6.54 Å². The van der Waals surface area contributed by atoms with Gasteiger partial charge < -0.3 is 10.4 Å². The van der Waals surface area contributed by atoms with Crippen LogP contribution in [-0.4, -0.2) is 15.1 Å². The molecule has 5 heteroatoms. The van der Waals surface area contributed by atoms with Gasteiger partial charge in [-0.1, -0.05) is 0 Å². The molecule has 4 nitrogen and oxygen atoms in total. The number of aromatic hydroxyl groups is 1. The third kappa shape index (κ3) is 2.44. The lowest BCUT2D eigenvalue weighted by atomic mass is 10.3. The molecule has 2 rings (SSSR count). The Bertz CT molecular complexity index is 442. The second kappa shape index (κ2) is 4.27. The summed E-state index contributed by atoms with van der Waals surface area (Å²) in [5.41, 5.74) is 1.54. The van der Waals surface area contributed by atoms with Crippen LogP contribution in [0, 0.1) is 6.92 Å². The largest absolute Gasteiger partial charge is 0.506 e. The molecule has 2 heterocycles. The van der Waals surface area contributed by atoms with Gasteiger partial charge >= 0.3 is 0 Å². The van der Waals surface area contributed by atoms with Gasteiger partial charge in [0.15, 0.2) is 5.13 Å². The van der Waals surface area contributed by atoms with E-state index < -0.39 is 0 Å². The quantitative estimate of drug-likeness (QED) is 0.834. The molecule has 0 aromatic carbocycles. The summed E-state index contributed by atoms with van der Waals surface area (Å²) in [6.45, 7) is 2.38. The van der Waals surface area contributed by atoms with Crippen LogP contribution in [0.15, 0.2) is 23.7 Å². The lowest BCUT2D eigenvalue weighted by Crippen LogP contribution is -2.02. The Balaban J connectivity index is 2.07. The average Bonchev–Trinajstić information content (AvgIpc) is 2.72. The fourth-order valence-electron chi connectivity index (χ4n) is 1.20. The molecule has 0 unspecified atom stereocenters. The van der Waals surface area contributed by atoms with E-state index in [9.17, 15) is 5.11 Å². The second-order valence-corrected chi connectivity index (χ2v) is 4.00. The van der Waals surface area contributed by atoms with E-state index in [-0.39, 0.29) is 5.75 Å². The molecule has 2 N–H and O–H groups in total. The number of rotatable bonds is 3. The average molecular weight is 221 g/mol. The van der Waals surface area contributed by atoms with Crippen LogP contribution < -0.4 is 5.32 Å². The van der Waals surface area contributed by atoms with Crippen molar-refractivity contribution in [1.82, 2.24) is 9.97 Å². The molecule has 0 atom stereocenters. The molecule has 0 spiro atoms. The van der Waals surface area contributed by atoms with Crippen molar-refractivity contribution < 1.29 is 5.11 Å². The monoisotopic (exact) mass is 221 g/mol. The molecule has 0 aliphatic heterocycles. The third-order valence-corrected chi connectivity index (χ3v) is 2.66. The first kappa shape index (κ1) is 9.92. The van der Waals surface area contributed by atoms with Gasteiger partial charge in [0.25, 0.3) is 0 Å². The first-order valence-corrected chi connectivity index (χ1v) is 5.42. The summed E-state index contributed by atoms with van der Waals surface area (Å²) in [4.78, 5) is 8.32. The van der Waals surface area contributed by atoms with Crippen molar-refractivity contribution in [2.24, 2.45) is 0 Å². The van der Waals surface area contributed by atoms with Gasteiger partial charge in [0.2, 0.25) is 0 Å². The summed E-state index contributed by atoms with van der Waals surface area (Å²) in [6, 6.07) is 3.43. The van der Waals surface area contributed by atoms with Gasteiger partial charge in [-0.05, 0) is 19.1 Å². The van der Waals surface area contributed by atoms with E-state index in [2.05, 4.69) is 15.3 Å². The van der Waals surface area contributed by atoms with Crippen molar-refractivity contribution >= 4 is 16.5 Å². The number of nitrogens with one attached hydrogen (secondary N) is 1. The molecule has 0 aliphatic carbocycles. The standard InChI is InChI=1S/C10H11N3OS/c1-7-2-3-9(14)8(13-7)6-12-10-11-4-5-15-10/h2-5,14H,6H2,1H3,(H,11,12). The second-order valence-electron chi connectivity index (χ2n) is 3.11. The maximum atomic E-state index is 9.54. The van der Waals surface area contributed by atoms with Crippen LogP contribution in [0.1, 0.15) is 11.4 Å². The Morgan fingerprint density at radius 2 is 2.33 bits per heavy atom. The van der Waals surface area contributed by atoms with Gasteiger partial charge in [-0.15, -0.1) is 11.3 Å². The van der Waals surface area contributed by atoms with E-state index in [1.54, 1.807) is 18.3 Å². The molecule has 0 amide bonds. The molecule has 15 heavy (non-hydrogen) atoms. The highest BCUT2D eigenvalue weighted by atomic mass is 32.1. The van der Waals surface area contributed by atoms with Crippen molar-refractivity contribution in [3.05, 3.63) is 35.1 Å². The molecule has 0 saturated heterocycles. The molecule has 0 aliphatic rings. The van der Waals surface area contributed by atoms with E-state index in [1.165, 1.54) is 11.3 Å². The summed E-state index contributed by atoms with van der Waals surface area (Å²) < 4.78 is 0. The van der Waals surface area contributed by atoms with Crippen LogP contribution in [0.3, 0.4) is 0 Å². The Morgan fingerprint density at radius 1 is 1.47 bits per heavy atom. The number of thiazole rings is 1. The zero-order valence-corrected chi connectivity index (χ0v) is 9.08. The van der Waals surface area contributed by atoms with Crippen LogP contribution in [0.4, 0.5) is 5.13 Å². The van der Waals surface area contributed by atoms with Gasteiger partial charge in [-0.3, -0.25) is 4.98 Å². The minimum atomic E-state index is 0.213. The van der Waals surface area contributed by atoms with Crippen LogP contribution >= 0.6 is 11.3 Å². The molecule has 0 bridgehead atoms. The summed E-state index contributed by atoms with van der Waals surface area (Å²) >= 11 is 1.52. The molecular weight excluding hydrogens is 210 g/mol. The van der Waals surface area contributed by atoms with Gasteiger partial charge in [0, 0.05) is 17.3 Å². The third-order valence-electron chi connectivity index (χ3n) is 1.93. The van der Waals surface area contributed by atoms with E-state index in [0.29, 0.717) is 12.2 Å². The van der Waals surface area contributed by atoms with Crippen LogP contribution in [0.5, 0.6) is 5.75 Å². The van der Waals surface area contributed by atoms with E-state index in [1.807, 2.05) is 12.3 Å². The number of anilines is 1. The molecule has 0 fully saturated rings. The SMILES string of the molecule is Cc1ccc(O)c(CNc2nccs2)n1. The maximum absolute atomic E-state index is 9.54. The van der Waals surface area contributed by atoms with E-state index in [4.69, 9.17) is 0 Å². The lowest BCUT2D eigenvalue weighted by Gasteiger charge is -2.05. The number of pyridine rings is 1. The fraction of sp³-hybridized carbons (Fsp3) is 0.200. The molecule has 2 aromatic rings. The van der Waals surface area contributed by atoms with Crippen molar-refractivity contribution in [3.63, 3.8) is 0 Å². The number of nitrogens with zero attached hydrogens (tertiary/aromatic N) is 2. The maximum Gasteiger partial charge on any atom is 0.182 e. The van der Waals surface area contributed by atoms with Crippen LogP contribution in [0.25, 0.3) is 0 Å². The summed E-state index contributed by atoms with van der Waals surface area (Å²) in [6.07, 6.45) is 1.73. The molecular formula is C10H11N3OS. The van der Waals surface area contributed by atoms with Gasteiger partial charge in [-0.25, -0.2) is 4.98 Å². The van der Waals surface area contributed by atoms with Crippen molar-refractivity contribution in [2.75, 3.05) is 5.32 Å². The lowest BCUT2D eigenvalue weighted by molar-refractivity contribution is 0.464. The summed E-state index contributed by atoms with van der Waals surface area (Å²) in [5.74, 6) is 0.213. The Morgan fingerprint density at radius 3 is 3.07 bits per heavy atom. The minimum absolute atomic E-state index is 0.213. The predicted octanol–water partition coefficient (Wildman–Crippen LogP) is 2.16. The summed E-state index contributed by atoms with van der Waals surface area (Å²) in [5, 5.41) is 15.4. The van der Waals surface area contributed by atoms with E-state index in [0.717, 1.165) is 10.8 Å². The first-order chi connectivity index (χ1) is 7.25. The number of aromatic nitrogens is 2. The molecule has 2 aromatic heterocycles. The first-order valence-electron chi connectivity index (χ1n) is 4.54. The zero-order chi connectivity index (χ0) is 10.7. The topological polar surface area (TPSA) is 58.0 Å². The van der Waals surface area contributed by atoms with Crippen LogP contribution in [0.2, 0.25) is 0 Å². The highest BCUT2D eigenvalue weighted by Gasteiger charge is 2.03. The van der Waals surface area contributed by atoms with Crippen molar-refractivity contribution in [3.8, 4) is 5.75 Å². The number of hydrogen-bond donors (Lipinski definition) is 2. The highest BCUT2D eigenvalue weighted by molar-refractivity contribution is 7.13. The van der Waals surface area contributed by atoms with Crippen molar-refractivity contribution in [1.29, 1.82) is 0 Å². The normalized spacial score (nSPS) is 10.2. The van der Waals surface area contributed by atoms with Gasteiger partial charge in [0.1, 0.15) is 11.4 Å². The number of aryl methyl sites for hydroxylation is 1. The Kier molecular flexibility index (Phi) is 2.82. The predicted molar refractivity (Wildman–Crippen MR) is 60.1 cm³/mol. The van der Waals surface area contributed by atoms with Gasteiger partial charge in [0.05, 0.1) is 6.54 Å². The highest BCUT2D eigenvalue weighted by Crippen LogP contribution is 2.17. The summed E-state index contributed by atoms with van der Waals surface area (Å²) in [7, 11) is 0. The number of hydrogen-bond acceptors (Lipinski definition) is 5. The molecule has 0 radical (unpaired) electrons. The molecule has 78 valence electrons. The minimum Gasteiger partial charge on any atom is -0.506 e. The Labute approximate surface area is 91.6 Å². The zero-order valence-electron chi connectivity index (χ0n) is 8.27. The van der Waals surface area contributed by atoms with Gasteiger partial charge in [-0.2, -0.15) is 0 Å². The Hall–Kier alpha value is -1.62. The fourth-order valence-corrected chi connectivity index (χ4v) is 1.73.